The van der Waals surface area contributed by atoms with Crippen molar-refractivity contribution >= 4 is 35.0 Å². The van der Waals surface area contributed by atoms with Crippen molar-refractivity contribution in [3.8, 4) is 5.75 Å². The number of aryl methyl sites for hydroxylation is 1. The second-order valence-corrected chi connectivity index (χ2v) is 11.3. The van der Waals surface area contributed by atoms with Gasteiger partial charge in [-0.15, -0.1) is 0 Å². The molecule has 45 heavy (non-hydrogen) atoms. The lowest BCUT2D eigenvalue weighted by molar-refractivity contribution is -0.135. The van der Waals surface area contributed by atoms with Gasteiger partial charge in [0.1, 0.15) is 11.8 Å². The molecule has 2 saturated heterocycles. The predicted octanol–water partition coefficient (Wildman–Crippen LogP) is 2.47. The van der Waals surface area contributed by atoms with Crippen molar-refractivity contribution in [2.24, 2.45) is 5.73 Å². The van der Waals surface area contributed by atoms with Gasteiger partial charge in [-0.05, 0) is 64.3 Å². The van der Waals surface area contributed by atoms with E-state index < -0.39 is 11.9 Å². The Morgan fingerprint density at radius 3 is 2.67 bits per heavy atom. The van der Waals surface area contributed by atoms with Gasteiger partial charge in [0.05, 0.1) is 12.3 Å². The van der Waals surface area contributed by atoms with Gasteiger partial charge in [0.25, 0.3) is 5.91 Å². The van der Waals surface area contributed by atoms with Crippen molar-refractivity contribution in [2.45, 2.75) is 58.0 Å². The maximum Gasteiger partial charge on any atom is 0.271 e. The van der Waals surface area contributed by atoms with Crippen LogP contribution >= 0.6 is 0 Å². The van der Waals surface area contributed by atoms with Crippen molar-refractivity contribution in [3.05, 3.63) is 47.8 Å². The first-order chi connectivity index (χ1) is 21.7. The Balaban J connectivity index is 1.26. The second kappa shape index (κ2) is 16.7. The maximum absolute atomic E-state index is 12.6. The van der Waals surface area contributed by atoms with Gasteiger partial charge in [0.15, 0.2) is 17.3 Å². The first kappa shape index (κ1) is 33.7. The number of carbonyl (C=O) groups is 3. The molecule has 1 aromatic carbocycles. The Hall–Kier alpha value is -4.23. The van der Waals surface area contributed by atoms with Gasteiger partial charge in [-0.3, -0.25) is 19.3 Å². The van der Waals surface area contributed by atoms with Crippen LogP contribution in [0.15, 0.2) is 36.4 Å². The molecule has 0 unspecified atom stereocenters. The van der Waals surface area contributed by atoms with Gasteiger partial charge in [-0.25, -0.2) is 9.97 Å². The van der Waals surface area contributed by atoms with Gasteiger partial charge in [-0.1, -0.05) is 19.1 Å². The molecule has 2 aliphatic heterocycles. The number of anilines is 3. The van der Waals surface area contributed by atoms with Gasteiger partial charge in [0.2, 0.25) is 11.8 Å². The Morgan fingerprint density at radius 2 is 1.98 bits per heavy atom. The van der Waals surface area contributed by atoms with E-state index in [1.165, 1.54) is 17.4 Å². The van der Waals surface area contributed by atoms with Crippen molar-refractivity contribution < 1.29 is 23.9 Å². The number of amides is 3. The maximum atomic E-state index is 12.6. The number of nitrogens with one attached hydrogen (secondary N) is 3. The molecule has 0 radical (unpaired) electrons. The van der Waals surface area contributed by atoms with Crippen molar-refractivity contribution in [1.82, 2.24) is 25.1 Å². The summed E-state index contributed by atoms with van der Waals surface area (Å²) in [5, 5.41) is 9.51. The molecule has 3 heterocycles. The van der Waals surface area contributed by atoms with Gasteiger partial charge in [-0.2, -0.15) is 0 Å². The molecule has 3 amide bonds. The number of carbonyl (C=O) groups excluding carboxylic acids is 3. The quantitative estimate of drug-likeness (QED) is 0.162. The predicted molar refractivity (Wildman–Crippen MR) is 173 cm³/mol. The van der Waals surface area contributed by atoms with E-state index in [4.69, 9.17) is 20.2 Å². The number of ether oxygens (including phenoxy) is 2. The smallest absolute Gasteiger partial charge is 0.271 e. The number of aromatic nitrogens is 2. The van der Waals surface area contributed by atoms with E-state index in [9.17, 15) is 14.4 Å². The summed E-state index contributed by atoms with van der Waals surface area (Å²) >= 11 is 0. The van der Waals surface area contributed by atoms with Crippen LogP contribution in [0, 0.1) is 0 Å². The lowest BCUT2D eigenvalue weighted by atomic mass is 10.1. The van der Waals surface area contributed by atoms with Crippen molar-refractivity contribution in [3.63, 3.8) is 0 Å². The summed E-state index contributed by atoms with van der Waals surface area (Å²) in [6.45, 7) is 8.68. The molecule has 1 atom stereocenters. The standard InChI is InChI=1S/C32H46N8O5/c1-4-26-30(35-23-12-19-44-20-13-23)38-31(28(37-26)29(33)42)36-24-9-5-10-25(21-24)45-18-7-14-34-32(43)22(2)39(3)27(41)11-6-15-40-16-8-17-40/h5-6,9-11,21-23H,4,7-8,12-20H2,1-3H3,(H2,33,42)(H,34,43)(H2,35,36,38)/b11-6+/t22-/m0/s1. The minimum absolute atomic E-state index is 0.0655. The van der Waals surface area contributed by atoms with Crippen LogP contribution in [0.3, 0.4) is 0 Å². The normalized spacial score (nSPS) is 16.1. The summed E-state index contributed by atoms with van der Waals surface area (Å²) in [6, 6.07) is 6.88. The third-order valence-corrected chi connectivity index (χ3v) is 7.97. The van der Waals surface area contributed by atoms with E-state index in [1.54, 1.807) is 20.0 Å². The number of likely N-dealkylation sites (N-methyl/N-ethyl adjacent to an activating group) is 1. The molecule has 2 aliphatic rings. The summed E-state index contributed by atoms with van der Waals surface area (Å²) in [5.41, 5.74) is 7.05. The molecule has 4 rings (SSSR count). The zero-order valence-corrected chi connectivity index (χ0v) is 26.5. The SMILES string of the molecule is CCc1nc(C(N)=O)c(Nc2cccc(OCCCNC(=O)[C@H](C)N(C)C(=O)/C=C/CN3CCC3)c2)nc1NC1CCOCC1. The Morgan fingerprint density at radius 1 is 1.20 bits per heavy atom. The number of rotatable bonds is 16. The average molecular weight is 623 g/mol. The summed E-state index contributed by atoms with van der Waals surface area (Å²) in [6.07, 6.45) is 7.46. The fourth-order valence-corrected chi connectivity index (χ4v) is 4.90. The summed E-state index contributed by atoms with van der Waals surface area (Å²) < 4.78 is 11.4. The molecule has 244 valence electrons. The van der Waals surface area contributed by atoms with E-state index in [0.717, 1.165) is 32.5 Å². The Labute approximate surface area is 264 Å². The summed E-state index contributed by atoms with van der Waals surface area (Å²) in [5.74, 6) is 0.397. The number of hydrogen-bond acceptors (Lipinski definition) is 10. The lowest BCUT2D eigenvalue weighted by Gasteiger charge is -2.29. The van der Waals surface area contributed by atoms with Crippen molar-refractivity contribution in [2.75, 3.05) is 63.7 Å². The highest BCUT2D eigenvalue weighted by molar-refractivity contribution is 5.96. The highest BCUT2D eigenvalue weighted by Crippen LogP contribution is 2.26. The van der Waals surface area contributed by atoms with E-state index in [0.29, 0.717) is 62.2 Å². The topological polar surface area (TPSA) is 164 Å². The van der Waals surface area contributed by atoms with Crippen LogP contribution < -0.4 is 26.4 Å². The van der Waals surface area contributed by atoms with Crippen LogP contribution in [0.5, 0.6) is 5.75 Å². The monoisotopic (exact) mass is 622 g/mol. The van der Waals surface area contributed by atoms with Crippen LogP contribution in [0.2, 0.25) is 0 Å². The molecule has 0 aliphatic carbocycles. The molecule has 2 fully saturated rings. The highest BCUT2D eigenvalue weighted by atomic mass is 16.5. The second-order valence-electron chi connectivity index (χ2n) is 11.3. The zero-order valence-electron chi connectivity index (χ0n) is 26.5. The first-order valence-electron chi connectivity index (χ1n) is 15.7. The Kier molecular flexibility index (Phi) is 12.5. The highest BCUT2D eigenvalue weighted by Gasteiger charge is 2.22. The van der Waals surface area contributed by atoms with Crippen LogP contribution in [0.4, 0.5) is 17.3 Å². The third kappa shape index (κ3) is 9.88. The number of nitrogens with zero attached hydrogens (tertiary/aromatic N) is 4. The van der Waals surface area contributed by atoms with Crippen LogP contribution in [0.1, 0.15) is 55.7 Å². The number of hydrogen-bond donors (Lipinski definition) is 4. The van der Waals surface area contributed by atoms with Gasteiger partial charge >= 0.3 is 0 Å². The molecule has 2 aromatic rings. The van der Waals surface area contributed by atoms with E-state index >= 15 is 0 Å². The molecular weight excluding hydrogens is 576 g/mol. The molecule has 13 nitrogen and oxygen atoms in total. The number of nitrogens with two attached hydrogens (primary N) is 1. The van der Waals surface area contributed by atoms with Crippen molar-refractivity contribution in [1.29, 1.82) is 0 Å². The third-order valence-electron chi connectivity index (χ3n) is 7.97. The minimum Gasteiger partial charge on any atom is -0.493 e. The summed E-state index contributed by atoms with van der Waals surface area (Å²) in [7, 11) is 1.63. The lowest BCUT2D eigenvalue weighted by Crippen LogP contribution is -2.45. The van der Waals surface area contributed by atoms with E-state index in [1.807, 2.05) is 31.2 Å². The zero-order chi connectivity index (χ0) is 32.2. The molecule has 13 heteroatoms. The van der Waals surface area contributed by atoms with Gasteiger partial charge in [0, 0.05) is 57.2 Å². The average Bonchev–Trinajstić information content (AvgIpc) is 3.01. The first-order valence-corrected chi connectivity index (χ1v) is 15.7. The van der Waals surface area contributed by atoms with E-state index in [-0.39, 0.29) is 29.4 Å². The van der Waals surface area contributed by atoms with Crippen LogP contribution in [0.25, 0.3) is 0 Å². The largest absolute Gasteiger partial charge is 0.493 e. The van der Waals surface area contributed by atoms with E-state index in [2.05, 4.69) is 25.8 Å². The molecule has 0 bridgehead atoms. The fourth-order valence-electron chi connectivity index (χ4n) is 4.90. The molecule has 5 N–H and O–H groups in total. The fraction of sp³-hybridized carbons (Fsp3) is 0.531. The van der Waals surface area contributed by atoms with Crippen LogP contribution in [-0.4, -0.2) is 103 Å². The van der Waals surface area contributed by atoms with Crippen LogP contribution in [-0.2, 0) is 20.7 Å². The molecule has 1 aromatic heterocycles. The number of primary amides is 1. The molecular formula is C32H46N8O5. The van der Waals surface area contributed by atoms with Gasteiger partial charge < -0.3 is 36.1 Å². The Bertz CT molecular complexity index is 1340. The minimum atomic E-state index is -0.671. The summed E-state index contributed by atoms with van der Waals surface area (Å²) in [4.78, 5) is 50.2. The number of likely N-dealkylation sites (tertiary alicyclic amines) is 1. The molecule has 0 spiro atoms. The number of benzene rings is 1. The molecule has 0 saturated carbocycles.